The Bertz CT molecular complexity index is 942. The minimum absolute atomic E-state index is 0.288. The SMILES string of the molecule is C=CC[C@]1(C#N)C(=S)NC(C)=C(C(=O)Nc2ccccc2)[C@H]1c1ccco1. The number of allylic oxidation sites excluding steroid dienone is 2. The van der Waals surface area contributed by atoms with Gasteiger partial charge in [-0.1, -0.05) is 36.5 Å². The zero-order chi connectivity index (χ0) is 19.4. The molecule has 0 radical (unpaired) electrons. The quantitative estimate of drug-likeness (QED) is 0.600. The lowest BCUT2D eigenvalue weighted by atomic mass is 9.66. The van der Waals surface area contributed by atoms with Gasteiger partial charge in [0.25, 0.3) is 5.91 Å². The maximum Gasteiger partial charge on any atom is 0.254 e. The lowest BCUT2D eigenvalue weighted by Gasteiger charge is -2.40. The minimum Gasteiger partial charge on any atom is -0.469 e. The smallest absolute Gasteiger partial charge is 0.254 e. The van der Waals surface area contributed by atoms with E-state index in [0.717, 1.165) is 0 Å². The van der Waals surface area contributed by atoms with Gasteiger partial charge in [0.2, 0.25) is 0 Å². The van der Waals surface area contributed by atoms with Crippen LogP contribution in [0.15, 0.2) is 77.1 Å². The Morgan fingerprint density at radius 2 is 2.15 bits per heavy atom. The highest BCUT2D eigenvalue weighted by atomic mass is 32.1. The van der Waals surface area contributed by atoms with E-state index in [0.29, 0.717) is 27.7 Å². The highest BCUT2D eigenvalue weighted by Crippen LogP contribution is 2.48. The first kappa shape index (κ1) is 18.6. The zero-order valence-corrected chi connectivity index (χ0v) is 15.7. The minimum atomic E-state index is -1.15. The number of amides is 1. The zero-order valence-electron chi connectivity index (χ0n) is 14.9. The van der Waals surface area contributed by atoms with Crippen molar-refractivity contribution in [2.75, 3.05) is 5.32 Å². The molecule has 1 aromatic heterocycles. The molecule has 2 heterocycles. The van der Waals surface area contributed by atoms with Crippen molar-refractivity contribution in [1.82, 2.24) is 5.32 Å². The Hall–Kier alpha value is -3.17. The summed E-state index contributed by atoms with van der Waals surface area (Å²) in [4.78, 5) is 13.5. The van der Waals surface area contributed by atoms with Crippen molar-refractivity contribution >= 4 is 28.8 Å². The van der Waals surface area contributed by atoms with Gasteiger partial charge in [-0.05, 0) is 37.6 Å². The molecule has 2 aromatic rings. The van der Waals surface area contributed by atoms with Crippen LogP contribution in [0.4, 0.5) is 5.69 Å². The molecule has 0 spiro atoms. The predicted molar refractivity (Wildman–Crippen MR) is 108 cm³/mol. The molecule has 1 aliphatic rings. The Morgan fingerprint density at radius 3 is 2.74 bits per heavy atom. The Morgan fingerprint density at radius 1 is 1.41 bits per heavy atom. The normalized spacial score (nSPS) is 21.9. The van der Waals surface area contributed by atoms with E-state index in [1.807, 2.05) is 18.2 Å². The number of hydrogen-bond donors (Lipinski definition) is 2. The van der Waals surface area contributed by atoms with Gasteiger partial charge in [0.1, 0.15) is 16.2 Å². The van der Waals surface area contributed by atoms with E-state index in [4.69, 9.17) is 16.6 Å². The van der Waals surface area contributed by atoms with E-state index in [1.54, 1.807) is 37.3 Å². The molecule has 2 atom stereocenters. The number of nitriles is 1. The molecule has 1 aromatic carbocycles. The maximum atomic E-state index is 13.2. The van der Waals surface area contributed by atoms with Crippen LogP contribution in [0.1, 0.15) is 25.0 Å². The topological polar surface area (TPSA) is 78.1 Å². The van der Waals surface area contributed by atoms with Gasteiger partial charge in [0.15, 0.2) is 0 Å². The summed E-state index contributed by atoms with van der Waals surface area (Å²) in [6.07, 6.45) is 3.45. The summed E-state index contributed by atoms with van der Waals surface area (Å²) in [5, 5.41) is 16.0. The number of para-hydroxylation sites is 1. The number of benzene rings is 1. The van der Waals surface area contributed by atoms with Gasteiger partial charge in [0, 0.05) is 17.0 Å². The van der Waals surface area contributed by atoms with Crippen LogP contribution in [0.3, 0.4) is 0 Å². The molecule has 0 fully saturated rings. The number of carbonyl (C=O) groups is 1. The van der Waals surface area contributed by atoms with Crippen LogP contribution in [0.2, 0.25) is 0 Å². The first-order valence-corrected chi connectivity index (χ1v) is 8.88. The summed E-state index contributed by atoms with van der Waals surface area (Å²) in [5.74, 6) is -0.438. The third kappa shape index (κ3) is 3.29. The third-order valence-corrected chi connectivity index (χ3v) is 5.13. The number of nitrogens with one attached hydrogen (secondary N) is 2. The summed E-state index contributed by atoms with van der Waals surface area (Å²) >= 11 is 5.51. The first-order chi connectivity index (χ1) is 13.0. The number of hydrogen-bond acceptors (Lipinski definition) is 4. The predicted octanol–water partition coefficient (Wildman–Crippen LogP) is 4.29. The molecule has 0 bridgehead atoms. The number of carbonyl (C=O) groups excluding carboxylic acids is 1. The lowest BCUT2D eigenvalue weighted by Crippen LogP contribution is -2.49. The number of anilines is 1. The van der Waals surface area contributed by atoms with Gasteiger partial charge in [-0.2, -0.15) is 5.26 Å². The monoisotopic (exact) mass is 377 g/mol. The average molecular weight is 377 g/mol. The van der Waals surface area contributed by atoms with Crippen LogP contribution < -0.4 is 10.6 Å². The van der Waals surface area contributed by atoms with Crippen LogP contribution in [0.5, 0.6) is 0 Å². The molecule has 0 aliphatic carbocycles. The fraction of sp³-hybridized carbons (Fsp3) is 0.190. The maximum absolute atomic E-state index is 13.2. The fourth-order valence-corrected chi connectivity index (χ4v) is 3.80. The average Bonchev–Trinajstić information content (AvgIpc) is 3.18. The van der Waals surface area contributed by atoms with E-state index in [1.165, 1.54) is 6.26 Å². The van der Waals surface area contributed by atoms with Crippen molar-refractivity contribution in [3.05, 3.63) is 78.4 Å². The van der Waals surface area contributed by atoms with Gasteiger partial charge in [0.05, 0.1) is 18.3 Å². The van der Waals surface area contributed by atoms with Crippen LogP contribution in [-0.4, -0.2) is 10.9 Å². The number of rotatable bonds is 5. The molecule has 5 nitrogen and oxygen atoms in total. The largest absolute Gasteiger partial charge is 0.469 e. The van der Waals surface area contributed by atoms with E-state index in [9.17, 15) is 10.1 Å². The summed E-state index contributed by atoms with van der Waals surface area (Å²) in [6, 6.07) is 15.0. The van der Waals surface area contributed by atoms with Crippen molar-refractivity contribution in [3.63, 3.8) is 0 Å². The van der Waals surface area contributed by atoms with Crippen LogP contribution >= 0.6 is 12.2 Å². The fourth-order valence-electron chi connectivity index (χ4n) is 3.40. The molecular formula is C21H19N3O2S. The summed E-state index contributed by atoms with van der Waals surface area (Å²) in [6.45, 7) is 5.54. The van der Waals surface area contributed by atoms with Crippen LogP contribution in [0, 0.1) is 16.7 Å². The Balaban J connectivity index is 2.13. The molecule has 6 heteroatoms. The van der Waals surface area contributed by atoms with Crippen molar-refractivity contribution in [2.45, 2.75) is 19.3 Å². The van der Waals surface area contributed by atoms with Crippen molar-refractivity contribution in [1.29, 1.82) is 5.26 Å². The second-order valence-electron chi connectivity index (χ2n) is 6.34. The summed E-state index contributed by atoms with van der Waals surface area (Å²) in [7, 11) is 0. The molecule has 0 saturated carbocycles. The standard InChI is InChI=1S/C21H19N3O2S/c1-3-11-21(13-22)18(16-10-7-12-26-16)17(14(2)23-20(21)27)19(25)24-15-8-5-4-6-9-15/h3-10,12,18H,1,11H2,2H3,(H,23,27)(H,24,25)/t18-,21-/m1/s1. The molecule has 1 amide bonds. The van der Waals surface area contributed by atoms with Gasteiger partial charge < -0.3 is 15.1 Å². The van der Waals surface area contributed by atoms with E-state index < -0.39 is 11.3 Å². The van der Waals surface area contributed by atoms with Gasteiger partial charge in [-0.15, -0.1) is 6.58 Å². The number of furan rings is 1. The van der Waals surface area contributed by atoms with E-state index in [-0.39, 0.29) is 12.3 Å². The van der Waals surface area contributed by atoms with Gasteiger partial charge in [-0.25, -0.2) is 0 Å². The molecule has 1 aliphatic heterocycles. The van der Waals surface area contributed by atoms with Gasteiger partial charge in [-0.3, -0.25) is 4.79 Å². The molecule has 27 heavy (non-hydrogen) atoms. The molecular weight excluding hydrogens is 358 g/mol. The Kier molecular flexibility index (Phi) is 5.24. The van der Waals surface area contributed by atoms with Crippen LogP contribution in [0.25, 0.3) is 0 Å². The van der Waals surface area contributed by atoms with Gasteiger partial charge >= 0.3 is 0 Å². The molecule has 0 unspecified atom stereocenters. The van der Waals surface area contributed by atoms with Crippen molar-refractivity contribution in [3.8, 4) is 6.07 Å². The molecule has 3 rings (SSSR count). The summed E-state index contributed by atoms with van der Waals surface area (Å²) < 4.78 is 5.62. The van der Waals surface area contributed by atoms with Crippen molar-refractivity contribution in [2.24, 2.45) is 5.41 Å². The molecule has 2 N–H and O–H groups in total. The molecule has 136 valence electrons. The molecule has 0 saturated heterocycles. The van der Waals surface area contributed by atoms with E-state index in [2.05, 4.69) is 23.3 Å². The number of thiocarbonyl (C=S) groups is 1. The summed E-state index contributed by atoms with van der Waals surface area (Å²) in [5.41, 5.74) is 0.536. The Labute approximate surface area is 163 Å². The second-order valence-corrected chi connectivity index (χ2v) is 6.75. The van der Waals surface area contributed by atoms with Crippen LogP contribution in [-0.2, 0) is 4.79 Å². The van der Waals surface area contributed by atoms with Crippen molar-refractivity contribution < 1.29 is 9.21 Å². The highest BCUT2D eigenvalue weighted by Gasteiger charge is 2.51. The van der Waals surface area contributed by atoms with E-state index >= 15 is 0 Å². The lowest BCUT2D eigenvalue weighted by molar-refractivity contribution is -0.113. The second kappa shape index (κ2) is 7.60. The number of nitrogens with zero attached hydrogens (tertiary/aromatic N) is 1. The highest BCUT2D eigenvalue weighted by molar-refractivity contribution is 7.80. The first-order valence-electron chi connectivity index (χ1n) is 8.47. The third-order valence-electron chi connectivity index (χ3n) is 4.66.